The minimum Gasteiger partial charge on any atom is -0.459 e. The molecule has 0 aliphatic carbocycles. The van der Waals surface area contributed by atoms with E-state index in [9.17, 15) is 8.42 Å². The van der Waals surface area contributed by atoms with E-state index in [0.717, 1.165) is 12.8 Å². The van der Waals surface area contributed by atoms with Crippen LogP contribution in [0.1, 0.15) is 12.8 Å². The maximum absolute atomic E-state index is 12.5. The van der Waals surface area contributed by atoms with Gasteiger partial charge in [0.25, 0.3) is 10.0 Å². The van der Waals surface area contributed by atoms with Crippen LogP contribution in [0.4, 0.5) is 0 Å². The fourth-order valence-electron chi connectivity index (χ4n) is 2.25. The fourth-order valence-corrected chi connectivity index (χ4v) is 4.91. The van der Waals surface area contributed by atoms with Crippen LogP contribution < -0.4 is 4.74 Å². The lowest BCUT2D eigenvalue weighted by atomic mass is 10.1. The second-order valence-electron chi connectivity index (χ2n) is 4.71. The molecule has 1 saturated heterocycles. The second kappa shape index (κ2) is 6.08. The van der Waals surface area contributed by atoms with Crippen LogP contribution in [0.3, 0.4) is 0 Å². The van der Waals surface area contributed by atoms with Crippen LogP contribution in [0.5, 0.6) is 6.01 Å². The van der Waals surface area contributed by atoms with Gasteiger partial charge < -0.3 is 4.74 Å². The molecule has 2 aromatic heterocycles. The molecule has 0 radical (unpaired) electrons. The Hall–Kier alpha value is -1.51. The zero-order valence-corrected chi connectivity index (χ0v) is 12.9. The van der Waals surface area contributed by atoms with Crippen LogP contribution in [0, 0.1) is 0 Å². The van der Waals surface area contributed by atoms with Gasteiger partial charge in [0.05, 0.1) is 6.54 Å². The zero-order chi connectivity index (χ0) is 14.7. The number of thiophene rings is 1. The zero-order valence-electron chi connectivity index (χ0n) is 11.3. The molecular weight excluding hydrogens is 310 g/mol. The van der Waals surface area contributed by atoms with Crippen molar-refractivity contribution in [3.8, 4) is 6.01 Å². The van der Waals surface area contributed by atoms with Gasteiger partial charge in [0.1, 0.15) is 10.3 Å². The van der Waals surface area contributed by atoms with Gasteiger partial charge in [0.15, 0.2) is 0 Å². The molecule has 1 aliphatic heterocycles. The summed E-state index contributed by atoms with van der Waals surface area (Å²) in [5.74, 6) is 0. The van der Waals surface area contributed by atoms with Gasteiger partial charge in [-0.25, -0.2) is 18.4 Å². The molecule has 0 bridgehead atoms. The number of piperidine rings is 1. The van der Waals surface area contributed by atoms with Crippen molar-refractivity contribution in [3.05, 3.63) is 36.0 Å². The Morgan fingerprint density at radius 1 is 1.29 bits per heavy atom. The summed E-state index contributed by atoms with van der Waals surface area (Å²) in [6.45, 7) is 0.855. The summed E-state index contributed by atoms with van der Waals surface area (Å²) in [6, 6.07) is 5.37. The van der Waals surface area contributed by atoms with Gasteiger partial charge in [-0.3, -0.25) is 0 Å². The van der Waals surface area contributed by atoms with Crippen molar-refractivity contribution in [1.82, 2.24) is 14.3 Å². The van der Waals surface area contributed by atoms with Crippen molar-refractivity contribution in [2.45, 2.75) is 23.2 Å². The number of nitrogens with zero attached hydrogens (tertiary/aromatic N) is 3. The highest BCUT2D eigenvalue weighted by Crippen LogP contribution is 2.25. The summed E-state index contributed by atoms with van der Waals surface area (Å²) in [4.78, 5) is 8.02. The molecule has 8 heteroatoms. The normalized spacial score (nSPS) is 20.3. The van der Waals surface area contributed by atoms with E-state index in [1.54, 1.807) is 36.0 Å². The number of sulfonamides is 1. The van der Waals surface area contributed by atoms with Crippen molar-refractivity contribution in [2.75, 3.05) is 13.1 Å². The molecular formula is C13H15N3O3S2. The molecule has 6 nitrogen and oxygen atoms in total. The van der Waals surface area contributed by atoms with Gasteiger partial charge in [0.2, 0.25) is 0 Å². The van der Waals surface area contributed by atoms with Gasteiger partial charge in [-0.05, 0) is 30.4 Å². The number of ether oxygens (including phenoxy) is 1. The molecule has 3 rings (SSSR count). The lowest BCUT2D eigenvalue weighted by molar-refractivity contribution is 0.119. The monoisotopic (exact) mass is 325 g/mol. The summed E-state index contributed by atoms with van der Waals surface area (Å²) in [7, 11) is -3.41. The van der Waals surface area contributed by atoms with Crippen molar-refractivity contribution in [1.29, 1.82) is 0 Å². The lowest BCUT2D eigenvalue weighted by Gasteiger charge is -2.31. The first-order valence-corrected chi connectivity index (χ1v) is 8.95. The number of rotatable bonds is 4. The fraction of sp³-hybridized carbons (Fsp3) is 0.385. The standard InChI is InChI=1S/C13H15N3O3S2/c17-21(18,12-5-2-9-20-12)16-8-1-4-11(10-16)19-13-14-6-3-7-15-13/h2-3,5-7,9,11H,1,4,8,10H2. The molecule has 0 saturated carbocycles. The highest BCUT2D eigenvalue weighted by molar-refractivity contribution is 7.91. The van der Waals surface area contributed by atoms with E-state index in [1.165, 1.54) is 15.6 Å². The van der Waals surface area contributed by atoms with Crippen molar-refractivity contribution < 1.29 is 13.2 Å². The average molecular weight is 325 g/mol. The second-order valence-corrected chi connectivity index (χ2v) is 7.82. The van der Waals surface area contributed by atoms with E-state index in [1.807, 2.05) is 0 Å². The molecule has 21 heavy (non-hydrogen) atoms. The highest BCUT2D eigenvalue weighted by atomic mass is 32.2. The van der Waals surface area contributed by atoms with Crippen LogP contribution in [0.2, 0.25) is 0 Å². The molecule has 1 atom stereocenters. The van der Waals surface area contributed by atoms with Gasteiger partial charge in [0, 0.05) is 18.9 Å². The number of hydrogen-bond acceptors (Lipinski definition) is 6. The summed E-state index contributed by atoms with van der Waals surface area (Å²) in [5, 5.41) is 1.77. The van der Waals surface area contributed by atoms with Crippen molar-refractivity contribution in [2.24, 2.45) is 0 Å². The molecule has 0 N–H and O–H groups in total. The topological polar surface area (TPSA) is 72.4 Å². The Balaban J connectivity index is 1.71. The molecule has 1 fully saturated rings. The van der Waals surface area contributed by atoms with Crippen LogP contribution in [0.15, 0.2) is 40.2 Å². The van der Waals surface area contributed by atoms with Crippen molar-refractivity contribution in [3.63, 3.8) is 0 Å². The summed E-state index contributed by atoms with van der Waals surface area (Å²) in [6.07, 6.45) is 4.56. The van der Waals surface area contributed by atoms with E-state index < -0.39 is 10.0 Å². The van der Waals surface area contributed by atoms with Crippen LogP contribution in [0.25, 0.3) is 0 Å². The van der Waals surface area contributed by atoms with Crippen LogP contribution >= 0.6 is 11.3 Å². The lowest BCUT2D eigenvalue weighted by Crippen LogP contribution is -2.44. The molecule has 0 aromatic carbocycles. The Morgan fingerprint density at radius 2 is 2.10 bits per heavy atom. The predicted octanol–water partition coefficient (Wildman–Crippen LogP) is 1.77. The summed E-state index contributed by atoms with van der Waals surface area (Å²) >= 11 is 1.23. The van der Waals surface area contributed by atoms with Gasteiger partial charge in [-0.1, -0.05) is 6.07 Å². The largest absolute Gasteiger partial charge is 0.459 e. The first kappa shape index (κ1) is 14.4. The maximum atomic E-state index is 12.5. The van der Waals surface area contributed by atoms with E-state index in [2.05, 4.69) is 9.97 Å². The Bertz CT molecular complexity index is 674. The first-order valence-electron chi connectivity index (χ1n) is 6.63. The Morgan fingerprint density at radius 3 is 2.81 bits per heavy atom. The first-order chi connectivity index (χ1) is 10.2. The molecule has 2 aromatic rings. The quantitative estimate of drug-likeness (QED) is 0.856. The van der Waals surface area contributed by atoms with Crippen LogP contribution in [-0.2, 0) is 10.0 Å². The van der Waals surface area contributed by atoms with Gasteiger partial charge in [-0.2, -0.15) is 4.31 Å². The Kier molecular flexibility index (Phi) is 4.18. The molecule has 0 spiro atoms. The number of aromatic nitrogens is 2. The average Bonchev–Trinajstić information content (AvgIpc) is 3.04. The summed E-state index contributed by atoms with van der Waals surface area (Å²) < 4.78 is 32.5. The molecule has 0 amide bonds. The van der Waals surface area contributed by atoms with E-state index in [0.29, 0.717) is 17.3 Å². The van der Waals surface area contributed by atoms with E-state index in [4.69, 9.17) is 4.74 Å². The molecule has 1 aliphatic rings. The molecule has 112 valence electrons. The minimum absolute atomic E-state index is 0.212. The predicted molar refractivity (Wildman–Crippen MR) is 78.8 cm³/mol. The minimum atomic E-state index is -3.41. The number of hydrogen-bond donors (Lipinski definition) is 0. The third kappa shape index (κ3) is 3.22. The van der Waals surface area contributed by atoms with Crippen molar-refractivity contribution >= 4 is 21.4 Å². The molecule has 3 heterocycles. The third-order valence-electron chi connectivity index (χ3n) is 3.24. The highest BCUT2D eigenvalue weighted by Gasteiger charge is 2.32. The van der Waals surface area contributed by atoms with E-state index >= 15 is 0 Å². The molecule has 1 unspecified atom stereocenters. The SMILES string of the molecule is O=S(=O)(c1cccs1)N1CCCC(Oc2ncccn2)C1. The maximum Gasteiger partial charge on any atom is 0.316 e. The van der Waals surface area contributed by atoms with Crippen LogP contribution in [-0.4, -0.2) is 41.9 Å². The van der Waals surface area contributed by atoms with Gasteiger partial charge >= 0.3 is 6.01 Å². The summed E-state index contributed by atoms with van der Waals surface area (Å²) in [5.41, 5.74) is 0. The van der Waals surface area contributed by atoms with Gasteiger partial charge in [-0.15, -0.1) is 11.3 Å². The smallest absolute Gasteiger partial charge is 0.316 e. The Labute approximate surface area is 127 Å². The van der Waals surface area contributed by atoms with E-state index in [-0.39, 0.29) is 12.1 Å². The third-order valence-corrected chi connectivity index (χ3v) is 6.48.